The SMILES string of the molecule is Cc1coc2ccc(C3=CC(N[C@@H](C)c4cccc(-c5cnc(N)nc5)c4)=CC(C)O3)cc12. The largest absolute Gasteiger partial charge is 0.486 e. The first-order valence-corrected chi connectivity index (χ1v) is 11.0. The fourth-order valence-corrected chi connectivity index (χ4v) is 4.07. The number of benzene rings is 2. The van der Waals surface area contributed by atoms with E-state index >= 15 is 0 Å². The van der Waals surface area contributed by atoms with Crippen LogP contribution in [-0.4, -0.2) is 16.1 Å². The average Bonchev–Trinajstić information content (AvgIpc) is 3.19. The number of nitrogens with zero attached hydrogens (tertiary/aromatic N) is 2. The fraction of sp³-hybridized carbons (Fsp3) is 0.185. The molecule has 166 valence electrons. The van der Waals surface area contributed by atoms with Crippen molar-refractivity contribution in [3.63, 3.8) is 0 Å². The van der Waals surface area contributed by atoms with Crippen molar-refractivity contribution in [2.45, 2.75) is 32.9 Å². The summed E-state index contributed by atoms with van der Waals surface area (Å²) in [5, 5.41) is 4.73. The van der Waals surface area contributed by atoms with E-state index in [4.69, 9.17) is 14.9 Å². The van der Waals surface area contributed by atoms with Crippen molar-refractivity contribution in [1.82, 2.24) is 15.3 Å². The Morgan fingerprint density at radius 3 is 2.67 bits per heavy atom. The highest BCUT2D eigenvalue weighted by Crippen LogP contribution is 2.30. The molecule has 1 aliphatic rings. The van der Waals surface area contributed by atoms with E-state index in [9.17, 15) is 0 Å². The normalized spacial score (nSPS) is 16.6. The van der Waals surface area contributed by atoms with Crippen molar-refractivity contribution in [3.8, 4) is 11.1 Å². The summed E-state index contributed by atoms with van der Waals surface area (Å²) < 4.78 is 11.7. The molecule has 2 aromatic heterocycles. The van der Waals surface area contributed by atoms with Gasteiger partial charge in [-0.25, -0.2) is 9.97 Å². The Labute approximate surface area is 192 Å². The molecule has 2 aromatic carbocycles. The second kappa shape index (κ2) is 8.47. The Bertz CT molecular complexity index is 1370. The maximum absolute atomic E-state index is 6.13. The van der Waals surface area contributed by atoms with Crippen LogP contribution in [0, 0.1) is 6.92 Å². The van der Waals surface area contributed by atoms with E-state index in [2.05, 4.69) is 52.6 Å². The molecular weight excluding hydrogens is 412 g/mol. The van der Waals surface area contributed by atoms with E-state index in [0.29, 0.717) is 0 Å². The summed E-state index contributed by atoms with van der Waals surface area (Å²) in [5.74, 6) is 1.12. The minimum absolute atomic E-state index is 0.0425. The van der Waals surface area contributed by atoms with Gasteiger partial charge in [-0.15, -0.1) is 0 Å². The zero-order valence-electron chi connectivity index (χ0n) is 18.9. The Hall–Kier alpha value is -4.06. The van der Waals surface area contributed by atoms with Crippen molar-refractivity contribution in [2.75, 3.05) is 5.73 Å². The lowest BCUT2D eigenvalue weighted by atomic mass is 10.0. The molecular formula is C27H26N4O2. The van der Waals surface area contributed by atoms with Crippen LogP contribution in [0.3, 0.4) is 0 Å². The van der Waals surface area contributed by atoms with Gasteiger partial charge >= 0.3 is 0 Å². The molecule has 2 atom stereocenters. The van der Waals surface area contributed by atoms with Gasteiger partial charge in [0.25, 0.3) is 0 Å². The van der Waals surface area contributed by atoms with Crippen LogP contribution in [0.2, 0.25) is 0 Å². The molecule has 0 spiro atoms. The first-order chi connectivity index (χ1) is 16.0. The summed E-state index contributed by atoms with van der Waals surface area (Å²) >= 11 is 0. The maximum Gasteiger partial charge on any atom is 0.219 e. The van der Waals surface area contributed by atoms with E-state index in [-0.39, 0.29) is 18.1 Å². The van der Waals surface area contributed by atoms with E-state index in [1.165, 1.54) is 0 Å². The predicted octanol–water partition coefficient (Wildman–Crippen LogP) is 5.77. The lowest BCUT2D eigenvalue weighted by Gasteiger charge is -2.24. The number of nitrogen functional groups attached to an aromatic ring is 1. The number of nitrogens with one attached hydrogen (secondary N) is 1. The molecule has 0 aliphatic carbocycles. The fourth-order valence-electron chi connectivity index (χ4n) is 4.07. The number of furan rings is 1. The molecule has 0 fully saturated rings. The molecule has 1 aliphatic heterocycles. The Balaban J connectivity index is 1.39. The molecule has 6 nitrogen and oxygen atoms in total. The number of hydrogen-bond donors (Lipinski definition) is 2. The Kier molecular flexibility index (Phi) is 5.34. The summed E-state index contributed by atoms with van der Waals surface area (Å²) in [4.78, 5) is 8.21. The van der Waals surface area contributed by atoms with Crippen LogP contribution in [0.25, 0.3) is 27.9 Å². The summed E-state index contributed by atoms with van der Waals surface area (Å²) in [6.07, 6.45) is 9.39. The predicted molar refractivity (Wildman–Crippen MR) is 131 cm³/mol. The minimum Gasteiger partial charge on any atom is -0.486 e. The van der Waals surface area contributed by atoms with Gasteiger partial charge in [0.1, 0.15) is 17.4 Å². The Morgan fingerprint density at radius 2 is 1.85 bits per heavy atom. The first kappa shape index (κ1) is 20.8. The third kappa shape index (κ3) is 4.32. The van der Waals surface area contributed by atoms with E-state index < -0.39 is 0 Å². The van der Waals surface area contributed by atoms with E-state index in [1.54, 1.807) is 18.7 Å². The molecule has 0 saturated carbocycles. The number of nitrogens with two attached hydrogens (primary N) is 1. The maximum atomic E-state index is 6.13. The van der Waals surface area contributed by atoms with Gasteiger partial charge in [-0.3, -0.25) is 0 Å². The molecule has 33 heavy (non-hydrogen) atoms. The quantitative estimate of drug-likeness (QED) is 0.411. The zero-order valence-corrected chi connectivity index (χ0v) is 18.9. The molecule has 1 unspecified atom stereocenters. The van der Waals surface area contributed by atoms with Crippen molar-refractivity contribution < 1.29 is 9.15 Å². The molecule has 5 rings (SSSR count). The molecule has 0 bridgehead atoms. The highest BCUT2D eigenvalue weighted by atomic mass is 16.5. The zero-order chi connectivity index (χ0) is 22.9. The summed E-state index contributed by atoms with van der Waals surface area (Å²) in [7, 11) is 0. The van der Waals surface area contributed by atoms with Crippen molar-refractivity contribution >= 4 is 22.7 Å². The van der Waals surface area contributed by atoms with Crippen LogP contribution in [0.1, 0.15) is 36.6 Å². The number of aromatic nitrogens is 2. The molecule has 0 amide bonds. The van der Waals surface area contributed by atoms with E-state index in [1.807, 2.05) is 38.1 Å². The van der Waals surface area contributed by atoms with Gasteiger partial charge in [0.05, 0.1) is 6.26 Å². The molecule has 3 heterocycles. The van der Waals surface area contributed by atoms with Crippen LogP contribution in [0.4, 0.5) is 5.95 Å². The monoisotopic (exact) mass is 438 g/mol. The second-order valence-corrected chi connectivity index (χ2v) is 8.40. The van der Waals surface area contributed by atoms with Crippen LogP contribution in [0.15, 0.2) is 83.4 Å². The summed E-state index contributed by atoms with van der Waals surface area (Å²) in [6.45, 7) is 6.24. The van der Waals surface area contributed by atoms with Gasteiger partial charge in [-0.1, -0.05) is 18.2 Å². The smallest absolute Gasteiger partial charge is 0.219 e. The molecule has 3 N–H and O–H groups in total. The van der Waals surface area contributed by atoms with E-state index in [0.717, 1.165) is 50.2 Å². The number of allylic oxidation sites excluding steroid dienone is 1. The standard InChI is InChI=1S/C27H26N4O2/c1-16-15-32-25-8-7-21(11-24(16)25)26-12-23(9-17(2)33-26)31-18(3)19-5-4-6-20(10-19)22-13-29-27(28)30-14-22/h4-15,17-18,31H,1-3H3,(H2,28,29,30)/t17?,18-/m0/s1. The molecule has 0 radical (unpaired) electrons. The summed E-state index contributed by atoms with van der Waals surface area (Å²) in [6, 6.07) is 14.6. The number of hydrogen-bond acceptors (Lipinski definition) is 6. The van der Waals surface area contributed by atoms with Gasteiger partial charge in [0.2, 0.25) is 5.95 Å². The third-order valence-corrected chi connectivity index (χ3v) is 5.84. The minimum atomic E-state index is -0.0425. The number of fused-ring (bicyclic) bond motifs is 1. The first-order valence-electron chi connectivity index (χ1n) is 11.0. The number of aryl methyl sites for hydroxylation is 1. The van der Waals surface area contributed by atoms with Crippen LogP contribution < -0.4 is 11.1 Å². The number of ether oxygens (including phenoxy) is 1. The molecule has 6 heteroatoms. The topological polar surface area (TPSA) is 86.2 Å². The molecule has 0 saturated heterocycles. The van der Waals surface area contributed by atoms with Gasteiger partial charge in [-0.05, 0) is 67.8 Å². The lowest BCUT2D eigenvalue weighted by Crippen LogP contribution is -2.22. The van der Waals surface area contributed by atoms with Gasteiger partial charge < -0.3 is 20.2 Å². The lowest BCUT2D eigenvalue weighted by molar-refractivity contribution is 0.224. The van der Waals surface area contributed by atoms with Gasteiger partial charge in [0, 0.05) is 46.7 Å². The number of rotatable bonds is 5. The molecule has 4 aromatic rings. The Morgan fingerprint density at radius 1 is 1.03 bits per heavy atom. The van der Waals surface area contributed by atoms with Crippen LogP contribution in [-0.2, 0) is 4.74 Å². The van der Waals surface area contributed by atoms with Gasteiger partial charge in [0.15, 0.2) is 0 Å². The highest BCUT2D eigenvalue weighted by Gasteiger charge is 2.17. The number of anilines is 1. The van der Waals surface area contributed by atoms with Gasteiger partial charge in [-0.2, -0.15) is 0 Å². The third-order valence-electron chi connectivity index (χ3n) is 5.84. The highest BCUT2D eigenvalue weighted by molar-refractivity contribution is 5.84. The van der Waals surface area contributed by atoms with Crippen LogP contribution >= 0.6 is 0 Å². The van der Waals surface area contributed by atoms with Crippen LogP contribution in [0.5, 0.6) is 0 Å². The summed E-state index contributed by atoms with van der Waals surface area (Å²) in [5.41, 5.74) is 12.8. The van der Waals surface area contributed by atoms with Crippen molar-refractivity contribution in [2.24, 2.45) is 0 Å². The second-order valence-electron chi connectivity index (χ2n) is 8.40. The van der Waals surface area contributed by atoms with Crippen molar-refractivity contribution in [3.05, 3.63) is 95.7 Å². The average molecular weight is 439 g/mol. The van der Waals surface area contributed by atoms with Crippen molar-refractivity contribution in [1.29, 1.82) is 0 Å².